The van der Waals surface area contributed by atoms with Gasteiger partial charge in [-0.25, -0.2) is 4.39 Å². The fourth-order valence-corrected chi connectivity index (χ4v) is 3.04. The zero-order chi connectivity index (χ0) is 18.8. The van der Waals surface area contributed by atoms with Crippen LogP contribution in [-0.2, 0) is 6.54 Å². The Morgan fingerprint density at radius 2 is 1.63 bits per heavy atom. The van der Waals surface area contributed by atoms with E-state index in [-0.39, 0.29) is 5.91 Å². The maximum Gasteiger partial charge on any atom is 0.255 e. The van der Waals surface area contributed by atoms with E-state index in [1.807, 2.05) is 36.4 Å². The first-order valence-electron chi connectivity index (χ1n) is 8.45. The third-order valence-corrected chi connectivity index (χ3v) is 4.37. The second kappa shape index (κ2) is 6.92. The highest BCUT2D eigenvalue weighted by molar-refractivity contribution is 6.11. The summed E-state index contributed by atoms with van der Waals surface area (Å²) in [6.45, 7) is 0.379. The van der Waals surface area contributed by atoms with Gasteiger partial charge in [0.25, 0.3) is 11.8 Å². The van der Waals surface area contributed by atoms with Crippen LogP contribution in [-0.4, -0.2) is 11.8 Å². The Morgan fingerprint density at radius 1 is 0.926 bits per heavy atom. The molecule has 0 spiro atoms. The van der Waals surface area contributed by atoms with Gasteiger partial charge < -0.3 is 16.0 Å². The summed E-state index contributed by atoms with van der Waals surface area (Å²) in [6, 6.07) is 18.4. The van der Waals surface area contributed by atoms with Crippen LogP contribution in [0.2, 0.25) is 0 Å². The maximum absolute atomic E-state index is 13.0. The number of benzene rings is 3. The molecule has 0 radical (unpaired) electrons. The normalized spacial score (nSPS) is 12.3. The second-order valence-corrected chi connectivity index (χ2v) is 6.15. The Bertz CT molecular complexity index is 1020. The standard InChI is InChI=1S/C21H16FN3O2/c22-14-8-6-13(7-9-14)20(26)25-18-11-10-17(16-12-23-21(27)19(16)18)24-15-4-2-1-3-5-15/h1-11,24H,12H2,(H,23,27)(H,25,26). The summed E-state index contributed by atoms with van der Waals surface area (Å²) in [7, 11) is 0. The Balaban J connectivity index is 1.64. The van der Waals surface area contributed by atoms with E-state index < -0.39 is 11.7 Å². The summed E-state index contributed by atoms with van der Waals surface area (Å²) in [5.41, 5.74) is 3.67. The summed E-state index contributed by atoms with van der Waals surface area (Å²) in [6.07, 6.45) is 0. The Kier molecular flexibility index (Phi) is 4.30. The highest BCUT2D eigenvalue weighted by Gasteiger charge is 2.26. The van der Waals surface area contributed by atoms with Crippen LogP contribution in [0.15, 0.2) is 66.7 Å². The molecular weight excluding hydrogens is 345 g/mol. The lowest BCUT2D eigenvalue weighted by molar-refractivity contribution is 0.0966. The molecule has 1 aliphatic heterocycles. The van der Waals surface area contributed by atoms with Crippen molar-refractivity contribution in [3.63, 3.8) is 0 Å². The van der Waals surface area contributed by atoms with Gasteiger partial charge in [-0.05, 0) is 48.5 Å². The van der Waals surface area contributed by atoms with Crippen molar-refractivity contribution in [2.24, 2.45) is 0 Å². The molecule has 6 heteroatoms. The van der Waals surface area contributed by atoms with Gasteiger partial charge in [0.15, 0.2) is 0 Å². The summed E-state index contributed by atoms with van der Waals surface area (Å²) < 4.78 is 13.0. The van der Waals surface area contributed by atoms with Gasteiger partial charge in [-0.3, -0.25) is 9.59 Å². The molecule has 0 atom stereocenters. The highest BCUT2D eigenvalue weighted by Crippen LogP contribution is 2.33. The van der Waals surface area contributed by atoms with Gasteiger partial charge in [-0.1, -0.05) is 18.2 Å². The van der Waals surface area contributed by atoms with Gasteiger partial charge in [-0.15, -0.1) is 0 Å². The first kappa shape index (κ1) is 16.8. The van der Waals surface area contributed by atoms with Crippen LogP contribution in [0.1, 0.15) is 26.3 Å². The molecule has 4 rings (SSSR count). The molecular formula is C21H16FN3O2. The molecule has 3 aromatic carbocycles. The number of nitrogens with one attached hydrogen (secondary N) is 3. The molecule has 0 unspecified atom stereocenters. The minimum absolute atomic E-state index is 0.240. The number of anilines is 3. The van der Waals surface area contributed by atoms with Crippen molar-refractivity contribution in [3.05, 3.63) is 89.2 Å². The largest absolute Gasteiger partial charge is 0.355 e. The molecule has 27 heavy (non-hydrogen) atoms. The Morgan fingerprint density at radius 3 is 2.37 bits per heavy atom. The quantitative estimate of drug-likeness (QED) is 0.656. The lowest BCUT2D eigenvalue weighted by atomic mass is 10.0. The average Bonchev–Trinajstić information content (AvgIpc) is 3.07. The van der Waals surface area contributed by atoms with Gasteiger partial charge >= 0.3 is 0 Å². The number of halogens is 1. The van der Waals surface area contributed by atoms with Gasteiger partial charge in [0.2, 0.25) is 0 Å². The highest BCUT2D eigenvalue weighted by atomic mass is 19.1. The molecule has 3 N–H and O–H groups in total. The van der Waals surface area contributed by atoms with Crippen LogP contribution in [0.4, 0.5) is 21.5 Å². The Labute approximate surface area is 155 Å². The van der Waals surface area contributed by atoms with Crippen molar-refractivity contribution in [1.29, 1.82) is 0 Å². The number of hydrogen-bond acceptors (Lipinski definition) is 3. The van der Waals surface area contributed by atoms with E-state index in [4.69, 9.17) is 0 Å². The topological polar surface area (TPSA) is 70.2 Å². The van der Waals surface area contributed by atoms with Crippen LogP contribution >= 0.6 is 0 Å². The molecule has 2 amide bonds. The van der Waals surface area contributed by atoms with Gasteiger partial charge in [0.1, 0.15) is 5.82 Å². The molecule has 0 bridgehead atoms. The van der Waals surface area contributed by atoms with Crippen molar-refractivity contribution >= 4 is 28.9 Å². The zero-order valence-corrected chi connectivity index (χ0v) is 14.3. The number of carbonyl (C=O) groups excluding carboxylic acids is 2. The SMILES string of the molecule is O=C(Nc1ccc(Nc2ccccc2)c2c1C(=O)NC2)c1ccc(F)cc1. The summed E-state index contributed by atoms with van der Waals surface area (Å²) in [4.78, 5) is 24.7. The lowest BCUT2D eigenvalue weighted by Crippen LogP contribution is -2.17. The smallest absolute Gasteiger partial charge is 0.255 e. The number of hydrogen-bond donors (Lipinski definition) is 3. The summed E-state index contributed by atoms with van der Waals surface area (Å²) in [5, 5.41) is 8.84. The van der Waals surface area contributed by atoms with Crippen LogP contribution in [0.5, 0.6) is 0 Å². The number of rotatable bonds is 4. The Hall–Kier alpha value is -3.67. The van der Waals surface area contributed by atoms with Crippen molar-refractivity contribution in [2.75, 3.05) is 10.6 Å². The van der Waals surface area contributed by atoms with E-state index >= 15 is 0 Å². The number of amides is 2. The van der Waals surface area contributed by atoms with Crippen molar-refractivity contribution in [2.45, 2.75) is 6.54 Å². The second-order valence-electron chi connectivity index (χ2n) is 6.15. The first-order valence-corrected chi connectivity index (χ1v) is 8.45. The molecule has 1 aliphatic rings. The monoisotopic (exact) mass is 361 g/mol. The van der Waals surface area contributed by atoms with Crippen LogP contribution in [0.25, 0.3) is 0 Å². The van der Waals surface area contributed by atoms with E-state index in [1.54, 1.807) is 6.07 Å². The average molecular weight is 361 g/mol. The number of carbonyl (C=O) groups is 2. The van der Waals surface area contributed by atoms with Crippen LogP contribution < -0.4 is 16.0 Å². The third-order valence-electron chi connectivity index (χ3n) is 4.37. The zero-order valence-electron chi connectivity index (χ0n) is 14.3. The first-order chi connectivity index (χ1) is 13.1. The predicted octanol–water partition coefficient (Wildman–Crippen LogP) is 4.07. The molecule has 3 aromatic rings. The van der Waals surface area contributed by atoms with Crippen molar-refractivity contribution in [3.8, 4) is 0 Å². The molecule has 0 fully saturated rings. The van der Waals surface area contributed by atoms with Crippen LogP contribution in [0.3, 0.4) is 0 Å². The van der Waals surface area contributed by atoms with E-state index in [0.717, 1.165) is 16.9 Å². The summed E-state index contributed by atoms with van der Waals surface area (Å²) in [5.74, 6) is -1.06. The number of fused-ring (bicyclic) bond motifs is 1. The van der Waals surface area contributed by atoms with Gasteiger partial charge in [0.05, 0.1) is 11.3 Å². The minimum atomic E-state index is -0.414. The molecule has 0 saturated heterocycles. The third kappa shape index (κ3) is 3.37. The van der Waals surface area contributed by atoms with E-state index in [0.29, 0.717) is 23.4 Å². The molecule has 0 aromatic heterocycles. The predicted molar refractivity (Wildman–Crippen MR) is 102 cm³/mol. The number of para-hydroxylation sites is 1. The van der Waals surface area contributed by atoms with Gasteiger partial charge in [0, 0.05) is 29.0 Å². The minimum Gasteiger partial charge on any atom is -0.355 e. The molecule has 1 heterocycles. The van der Waals surface area contributed by atoms with E-state index in [9.17, 15) is 14.0 Å². The molecule has 5 nitrogen and oxygen atoms in total. The molecule has 0 saturated carbocycles. The molecule has 0 aliphatic carbocycles. The molecule has 134 valence electrons. The fraction of sp³-hybridized carbons (Fsp3) is 0.0476. The lowest BCUT2D eigenvalue weighted by Gasteiger charge is -2.14. The van der Waals surface area contributed by atoms with Crippen molar-refractivity contribution in [1.82, 2.24) is 5.32 Å². The van der Waals surface area contributed by atoms with E-state index in [2.05, 4.69) is 16.0 Å². The fourth-order valence-electron chi connectivity index (χ4n) is 3.04. The van der Waals surface area contributed by atoms with Crippen LogP contribution in [0, 0.1) is 5.82 Å². The van der Waals surface area contributed by atoms with E-state index in [1.165, 1.54) is 24.3 Å². The van der Waals surface area contributed by atoms with Crippen molar-refractivity contribution < 1.29 is 14.0 Å². The van der Waals surface area contributed by atoms with Gasteiger partial charge in [-0.2, -0.15) is 0 Å². The summed E-state index contributed by atoms with van der Waals surface area (Å²) >= 11 is 0. The maximum atomic E-state index is 13.0.